The molecule has 1 aromatic heterocycles. The second kappa shape index (κ2) is 5.89. The first-order valence-corrected chi connectivity index (χ1v) is 9.00. The van der Waals surface area contributed by atoms with Crippen molar-refractivity contribution in [2.24, 2.45) is 0 Å². The molecule has 0 spiro atoms. The van der Waals surface area contributed by atoms with Crippen LogP contribution < -0.4 is 4.72 Å². The van der Waals surface area contributed by atoms with E-state index in [1.54, 1.807) is 0 Å². The molecule has 9 nitrogen and oxygen atoms in total. The summed E-state index contributed by atoms with van der Waals surface area (Å²) < 4.78 is 47.7. The average molecular weight is 325 g/mol. The van der Waals surface area contributed by atoms with Crippen LogP contribution >= 0.6 is 0 Å². The highest BCUT2D eigenvalue weighted by Crippen LogP contribution is 2.08. The predicted octanol–water partition coefficient (Wildman–Crippen LogP) is -1.12. The van der Waals surface area contributed by atoms with Crippen molar-refractivity contribution in [2.75, 3.05) is 12.0 Å². The fourth-order valence-corrected chi connectivity index (χ4v) is 3.21. The van der Waals surface area contributed by atoms with Crippen LogP contribution in [0.3, 0.4) is 0 Å². The molecule has 1 unspecified atom stereocenters. The minimum atomic E-state index is -4.10. The van der Waals surface area contributed by atoms with E-state index < -0.39 is 37.6 Å². The predicted molar refractivity (Wildman–Crippen MR) is 69.4 cm³/mol. The van der Waals surface area contributed by atoms with Crippen LogP contribution in [0.15, 0.2) is 11.2 Å². The molecule has 0 radical (unpaired) electrons. The molecule has 11 heteroatoms. The number of aromatic nitrogens is 2. The Morgan fingerprint density at radius 1 is 1.45 bits per heavy atom. The number of carbonyl (C=O) groups is 1. The fourth-order valence-electron chi connectivity index (χ4n) is 1.35. The lowest BCUT2D eigenvalue weighted by atomic mass is 10.2. The summed E-state index contributed by atoms with van der Waals surface area (Å²) >= 11 is 0. The molecular weight excluding hydrogens is 310 g/mol. The summed E-state index contributed by atoms with van der Waals surface area (Å²) in [5, 5.41) is 8.66. The molecule has 0 fully saturated rings. The van der Waals surface area contributed by atoms with Gasteiger partial charge in [-0.25, -0.2) is 21.8 Å². The van der Waals surface area contributed by atoms with Gasteiger partial charge in [0.15, 0.2) is 5.03 Å². The van der Waals surface area contributed by atoms with Gasteiger partial charge in [0.25, 0.3) is 10.0 Å². The van der Waals surface area contributed by atoms with E-state index in [0.717, 1.165) is 12.5 Å². The molecule has 0 amide bonds. The molecule has 3 N–H and O–H groups in total. The number of carboxylic acid groups (broad SMARTS) is 1. The van der Waals surface area contributed by atoms with Crippen molar-refractivity contribution < 1.29 is 26.7 Å². The monoisotopic (exact) mass is 325 g/mol. The average Bonchev–Trinajstić information content (AvgIpc) is 2.70. The van der Waals surface area contributed by atoms with Crippen LogP contribution in [0, 0.1) is 6.92 Å². The number of rotatable bonds is 7. The highest BCUT2D eigenvalue weighted by Gasteiger charge is 2.27. The van der Waals surface area contributed by atoms with Gasteiger partial charge in [-0.3, -0.25) is 4.79 Å². The first-order chi connectivity index (χ1) is 9.01. The summed E-state index contributed by atoms with van der Waals surface area (Å²) in [5.41, 5.74) is 0. The van der Waals surface area contributed by atoms with Crippen LogP contribution in [0.2, 0.25) is 0 Å². The lowest BCUT2D eigenvalue weighted by Crippen LogP contribution is -2.41. The van der Waals surface area contributed by atoms with Crippen molar-refractivity contribution in [1.29, 1.82) is 0 Å². The van der Waals surface area contributed by atoms with Gasteiger partial charge in [0.1, 0.15) is 21.7 Å². The summed E-state index contributed by atoms with van der Waals surface area (Å²) in [6.45, 7) is 1.54. The van der Waals surface area contributed by atoms with Crippen molar-refractivity contribution in [3.8, 4) is 0 Å². The van der Waals surface area contributed by atoms with Crippen LogP contribution in [0.5, 0.6) is 0 Å². The van der Waals surface area contributed by atoms with E-state index in [9.17, 15) is 21.6 Å². The molecular formula is C9H15N3O6S2. The number of aromatic amines is 1. The molecule has 0 aliphatic heterocycles. The first-order valence-electron chi connectivity index (χ1n) is 5.46. The van der Waals surface area contributed by atoms with E-state index in [1.165, 1.54) is 6.92 Å². The molecule has 0 aromatic carbocycles. The first kappa shape index (κ1) is 16.6. The second-order valence-electron chi connectivity index (χ2n) is 4.26. The number of sulfone groups is 1. The zero-order valence-corrected chi connectivity index (χ0v) is 12.5. The molecule has 1 heterocycles. The van der Waals surface area contributed by atoms with Crippen LogP contribution in [-0.2, 0) is 24.7 Å². The topological polar surface area (TPSA) is 146 Å². The van der Waals surface area contributed by atoms with Crippen LogP contribution in [0.1, 0.15) is 12.2 Å². The Labute approximate surface area is 116 Å². The van der Waals surface area contributed by atoms with Crippen molar-refractivity contribution >= 4 is 25.8 Å². The number of sulfonamides is 1. The number of imidazole rings is 1. The second-order valence-corrected chi connectivity index (χ2v) is 8.21. The summed E-state index contributed by atoms with van der Waals surface area (Å²) in [6.07, 6.45) is 1.63. The number of aliphatic carboxylic acids is 1. The van der Waals surface area contributed by atoms with Gasteiger partial charge in [-0.05, 0) is 13.3 Å². The molecule has 0 saturated heterocycles. The number of aryl methyl sites for hydroxylation is 1. The Morgan fingerprint density at radius 3 is 2.45 bits per heavy atom. The number of nitrogens with one attached hydrogen (secondary N) is 2. The van der Waals surface area contributed by atoms with Crippen molar-refractivity contribution in [3.63, 3.8) is 0 Å². The van der Waals surface area contributed by atoms with E-state index in [2.05, 4.69) is 9.97 Å². The van der Waals surface area contributed by atoms with Crippen molar-refractivity contribution in [2.45, 2.75) is 24.4 Å². The Hall–Kier alpha value is -1.46. The maximum Gasteiger partial charge on any atom is 0.321 e. The fraction of sp³-hybridized carbons (Fsp3) is 0.556. The largest absolute Gasteiger partial charge is 0.480 e. The molecule has 114 valence electrons. The van der Waals surface area contributed by atoms with Gasteiger partial charge in [0.05, 0.1) is 11.9 Å². The summed E-state index contributed by atoms with van der Waals surface area (Å²) in [4.78, 5) is 17.1. The van der Waals surface area contributed by atoms with E-state index in [0.29, 0.717) is 5.82 Å². The number of H-pyrrole nitrogens is 1. The number of nitrogens with zero attached hydrogens (tertiary/aromatic N) is 1. The highest BCUT2D eigenvalue weighted by molar-refractivity contribution is 7.90. The van der Waals surface area contributed by atoms with Gasteiger partial charge >= 0.3 is 5.97 Å². The zero-order chi connectivity index (χ0) is 15.6. The van der Waals surface area contributed by atoms with Gasteiger partial charge in [0.2, 0.25) is 0 Å². The lowest BCUT2D eigenvalue weighted by Gasteiger charge is -2.13. The zero-order valence-electron chi connectivity index (χ0n) is 10.8. The van der Waals surface area contributed by atoms with Gasteiger partial charge in [-0.1, -0.05) is 0 Å². The summed E-state index contributed by atoms with van der Waals surface area (Å²) in [6, 6.07) is -1.53. The third-order valence-corrected chi connectivity index (χ3v) is 4.70. The summed E-state index contributed by atoms with van der Waals surface area (Å²) in [5.74, 6) is -1.53. The standard InChI is InChI=1S/C9H15N3O6S2/c1-6-10-5-8(11-6)20(17,18)12-7(9(13)14)3-4-19(2,15)16/h5,7,12H,3-4H2,1-2H3,(H,10,11)(H,13,14). The van der Waals surface area contributed by atoms with Gasteiger partial charge in [-0.15, -0.1) is 0 Å². The van der Waals surface area contributed by atoms with E-state index >= 15 is 0 Å². The van der Waals surface area contributed by atoms with Crippen molar-refractivity contribution in [3.05, 3.63) is 12.0 Å². The molecule has 1 rings (SSSR count). The third-order valence-electron chi connectivity index (χ3n) is 2.34. The Morgan fingerprint density at radius 2 is 2.05 bits per heavy atom. The summed E-state index contributed by atoms with van der Waals surface area (Å²) in [7, 11) is -7.48. The van der Waals surface area contributed by atoms with Gasteiger partial charge in [0, 0.05) is 6.26 Å². The SMILES string of the molecule is Cc1ncc(S(=O)(=O)NC(CCS(C)(=O)=O)C(=O)O)[nH]1. The number of hydrogen-bond donors (Lipinski definition) is 3. The maximum atomic E-state index is 11.9. The highest BCUT2D eigenvalue weighted by atomic mass is 32.2. The van der Waals surface area contributed by atoms with Gasteiger partial charge < -0.3 is 10.1 Å². The minimum Gasteiger partial charge on any atom is -0.480 e. The molecule has 0 bridgehead atoms. The maximum absolute atomic E-state index is 11.9. The molecule has 0 aliphatic carbocycles. The molecule has 1 atom stereocenters. The van der Waals surface area contributed by atoms with E-state index in [-0.39, 0.29) is 11.4 Å². The third kappa shape index (κ3) is 4.90. The molecule has 20 heavy (non-hydrogen) atoms. The van der Waals surface area contributed by atoms with Crippen LogP contribution in [-0.4, -0.2) is 55.9 Å². The Balaban J connectivity index is 2.88. The molecule has 0 aliphatic rings. The quantitative estimate of drug-likeness (QED) is 0.575. The van der Waals surface area contributed by atoms with E-state index in [1.807, 2.05) is 4.72 Å². The van der Waals surface area contributed by atoms with Crippen molar-refractivity contribution in [1.82, 2.24) is 14.7 Å². The van der Waals surface area contributed by atoms with Crippen LogP contribution in [0.4, 0.5) is 0 Å². The smallest absolute Gasteiger partial charge is 0.321 e. The minimum absolute atomic E-state index is 0.277. The Kier molecular flexibility index (Phi) is 4.89. The van der Waals surface area contributed by atoms with Crippen LogP contribution in [0.25, 0.3) is 0 Å². The number of hydrogen-bond acceptors (Lipinski definition) is 6. The molecule has 1 aromatic rings. The normalized spacial score (nSPS) is 14.1. The number of carboxylic acids is 1. The Bertz CT molecular complexity index is 691. The van der Waals surface area contributed by atoms with Gasteiger partial charge in [-0.2, -0.15) is 4.72 Å². The molecule has 0 saturated carbocycles. The lowest BCUT2D eigenvalue weighted by molar-refractivity contribution is -0.139. The van der Waals surface area contributed by atoms with E-state index in [4.69, 9.17) is 5.11 Å².